The third-order valence-electron chi connectivity index (χ3n) is 4.56. The molecule has 0 saturated carbocycles. The quantitative estimate of drug-likeness (QED) is 0.445. The molecule has 0 aromatic heterocycles. The van der Waals surface area contributed by atoms with Crippen molar-refractivity contribution in [2.24, 2.45) is 5.92 Å². The lowest BCUT2D eigenvalue weighted by Gasteiger charge is -2.31. The second-order valence-corrected chi connectivity index (χ2v) is 6.09. The highest BCUT2D eigenvalue weighted by Crippen LogP contribution is 2.43. The van der Waals surface area contributed by atoms with Crippen LogP contribution in [0.5, 0.6) is 0 Å². The molecule has 0 spiro atoms. The van der Waals surface area contributed by atoms with E-state index in [0.29, 0.717) is 5.69 Å². The number of benzene rings is 2. The number of nitrogens with zero attached hydrogens (tertiary/aromatic N) is 2. The molecule has 0 amide bonds. The number of carbonyl (C=O) groups is 2. The van der Waals surface area contributed by atoms with Crippen molar-refractivity contribution < 1.29 is 24.0 Å². The molecule has 1 heterocycles. The van der Waals surface area contributed by atoms with Crippen LogP contribution in [0.4, 0.5) is 11.4 Å². The highest BCUT2D eigenvalue weighted by Gasteiger charge is 2.43. The van der Waals surface area contributed by atoms with Gasteiger partial charge in [-0.05, 0) is 23.8 Å². The Hall–Kier alpha value is -3.68. The lowest BCUT2D eigenvalue weighted by Crippen LogP contribution is -2.32. The minimum Gasteiger partial charge on any atom is -0.468 e. The first-order chi connectivity index (χ1) is 13.5. The SMILES string of the molecule is COC(=O)C1=C[C@@H](C(=O)OC)[C@H](c2ccccc2)N1c1ccc([N+](=O)[O-])cc1. The van der Waals surface area contributed by atoms with Crippen LogP contribution in [0.2, 0.25) is 0 Å². The fraction of sp³-hybridized carbons (Fsp3) is 0.200. The van der Waals surface area contributed by atoms with Gasteiger partial charge in [-0.2, -0.15) is 0 Å². The number of hydrogen-bond acceptors (Lipinski definition) is 7. The summed E-state index contributed by atoms with van der Waals surface area (Å²) in [6, 6.07) is 14.4. The molecule has 0 aliphatic carbocycles. The molecule has 144 valence electrons. The molecule has 3 rings (SSSR count). The number of nitro benzene ring substituents is 1. The highest BCUT2D eigenvalue weighted by molar-refractivity contribution is 5.96. The maximum atomic E-state index is 12.4. The summed E-state index contributed by atoms with van der Waals surface area (Å²) in [7, 11) is 2.53. The normalized spacial score (nSPS) is 18.4. The van der Waals surface area contributed by atoms with Crippen LogP contribution < -0.4 is 4.90 Å². The zero-order valence-corrected chi connectivity index (χ0v) is 15.3. The van der Waals surface area contributed by atoms with Crippen molar-refractivity contribution in [2.45, 2.75) is 6.04 Å². The zero-order chi connectivity index (χ0) is 20.3. The van der Waals surface area contributed by atoms with Crippen LogP contribution in [0.3, 0.4) is 0 Å². The van der Waals surface area contributed by atoms with Crippen molar-refractivity contribution in [2.75, 3.05) is 19.1 Å². The minimum absolute atomic E-state index is 0.0766. The second-order valence-electron chi connectivity index (χ2n) is 6.09. The van der Waals surface area contributed by atoms with E-state index < -0.39 is 28.8 Å². The van der Waals surface area contributed by atoms with Gasteiger partial charge in [-0.25, -0.2) is 4.79 Å². The fourth-order valence-corrected chi connectivity index (χ4v) is 3.30. The summed E-state index contributed by atoms with van der Waals surface area (Å²) in [5, 5.41) is 11.0. The van der Waals surface area contributed by atoms with Gasteiger partial charge in [0.1, 0.15) is 11.6 Å². The second kappa shape index (κ2) is 7.91. The molecule has 2 atom stereocenters. The predicted octanol–water partition coefficient (Wildman–Crippen LogP) is 3.00. The summed E-state index contributed by atoms with van der Waals surface area (Å²) in [6.07, 6.45) is 1.51. The van der Waals surface area contributed by atoms with Crippen molar-refractivity contribution in [3.05, 3.63) is 82.0 Å². The molecule has 0 bridgehead atoms. The number of anilines is 1. The first-order valence-electron chi connectivity index (χ1n) is 8.44. The van der Waals surface area contributed by atoms with Gasteiger partial charge in [0.2, 0.25) is 0 Å². The first-order valence-corrected chi connectivity index (χ1v) is 8.44. The molecule has 8 nitrogen and oxygen atoms in total. The Morgan fingerprint density at radius 1 is 1.00 bits per heavy atom. The molecule has 1 aliphatic rings. The number of carbonyl (C=O) groups excluding carboxylic acids is 2. The van der Waals surface area contributed by atoms with Crippen molar-refractivity contribution >= 4 is 23.3 Å². The summed E-state index contributed by atoms with van der Waals surface area (Å²) in [5.74, 6) is -1.87. The summed E-state index contributed by atoms with van der Waals surface area (Å²) < 4.78 is 9.82. The summed E-state index contributed by atoms with van der Waals surface area (Å²) in [5.41, 5.74) is 1.39. The molecule has 2 aromatic rings. The molecule has 0 unspecified atom stereocenters. The van der Waals surface area contributed by atoms with Crippen molar-refractivity contribution in [3.63, 3.8) is 0 Å². The van der Waals surface area contributed by atoms with Gasteiger partial charge in [-0.1, -0.05) is 30.3 Å². The third-order valence-corrected chi connectivity index (χ3v) is 4.56. The van der Waals surface area contributed by atoms with Gasteiger partial charge in [0, 0.05) is 17.8 Å². The Morgan fingerprint density at radius 3 is 2.18 bits per heavy atom. The number of esters is 2. The predicted molar refractivity (Wildman–Crippen MR) is 100 cm³/mol. The maximum Gasteiger partial charge on any atom is 0.354 e. The Morgan fingerprint density at radius 2 is 1.64 bits per heavy atom. The van der Waals surface area contributed by atoms with E-state index in [-0.39, 0.29) is 11.4 Å². The van der Waals surface area contributed by atoms with Gasteiger partial charge in [0.05, 0.1) is 25.2 Å². The Kier molecular flexibility index (Phi) is 5.39. The van der Waals surface area contributed by atoms with Gasteiger partial charge in [0.25, 0.3) is 5.69 Å². The van der Waals surface area contributed by atoms with E-state index in [0.717, 1.165) is 5.56 Å². The Bertz CT molecular complexity index is 923. The van der Waals surface area contributed by atoms with E-state index in [2.05, 4.69) is 0 Å². The zero-order valence-electron chi connectivity index (χ0n) is 15.3. The number of non-ortho nitro benzene ring substituents is 1. The summed E-state index contributed by atoms with van der Waals surface area (Å²) >= 11 is 0. The minimum atomic E-state index is -0.753. The maximum absolute atomic E-state index is 12.4. The highest BCUT2D eigenvalue weighted by atomic mass is 16.6. The van der Waals surface area contributed by atoms with E-state index in [9.17, 15) is 19.7 Å². The molecule has 1 aliphatic heterocycles. The molecular weight excluding hydrogens is 364 g/mol. The van der Waals surface area contributed by atoms with Crippen LogP contribution in [0.1, 0.15) is 11.6 Å². The molecule has 8 heteroatoms. The van der Waals surface area contributed by atoms with E-state index in [1.54, 1.807) is 4.90 Å². The van der Waals surface area contributed by atoms with Crippen molar-refractivity contribution in [3.8, 4) is 0 Å². The van der Waals surface area contributed by atoms with Gasteiger partial charge in [-0.3, -0.25) is 14.9 Å². The number of ether oxygens (including phenoxy) is 2. The molecule has 0 saturated heterocycles. The van der Waals surface area contributed by atoms with E-state index in [1.807, 2.05) is 30.3 Å². The molecule has 0 radical (unpaired) electrons. The number of hydrogen-bond donors (Lipinski definition) is 0. The fourth-order valence-electron chi connectivity index (χ4n) is 3.30. The molecule has 2 aromatic carbocycles. The summed E-state index contributed by atoms with van der Waals surface area (Å²) in [4.78, 5) is 37.0. The van der Waals surface area contributed by atoms with Gasteiger partial charge >= 0.3 is 11.9 Å². The van der Waals surface area contributed by atoms with Gasteiger partial charge < -0.3 is 14.4 Å². The molecule has 28 heavy (non-hydrogen) atoms. The van der Waals surface area contributed by atoms with Crippen LogP contribution >= 0.6 is 0 Å². The van der Waals surface area contributed by atoms with Crippen LogP contribution in [0.25, 0.3) is 0 Å². The van der Waals surface area contributed by atoms with Crippen molar-refractivity contribution in [1.29, 1.82) is 0 Å². The monoisotopic (exact) mass is 382 g/mol. The smallest absolute Gasteiger partial charge is 0.354 e. The van der Waals surface area contributed by atoms with Crippen LogP contribution in [0.15, 0.2) is 66.4 Å². The molecule has 0 fully saturated rings. The van der Waals surface area contributed by atoms with Crippen LogP contribution in [-0.2, 0) is 19.1 Å². The standard InChI is InChI=1S/C20H18N2O6/c1-27-19(23)16-12-17(20(24)28-2)21(18(16)13-6-4-3-5-7-13)14-8-10-15(11-9-14)22(25)26/h3-12,16,18H,1-2H3/t16-,18+/m1/s1. The largest absolute Gasteiger partial charge is 0.468 e. The molecule has 0 N–H and O–H groups in total. The Balaban J connectivity index is 2.14. The topological polar surface area (TPSA) is 99.0 Å². The van der Waals surface area contributed by atoms with Gasteiger partial charge in [-0.15, -0.1) is 0 Å². The van der Waals surface area contributed by atoms with Crippen LogP contribution in [0, 0.1) is 16.0 Å². The number of nitro groups is 1. The van der Waals surface area contributed by atoms with E-state index in [1.165, 1.54) is 44.6 Å². The summed E-state index contributed by atoms with van der Waals surface area (Å²) in [6.45, 7) is 0. The average Bonchev–Trinajstić information content (AvgIpc) is 3.13. The van der Waals surface area contributed by atoms with E-state index in [4.69, 9.17) is 9.47 Å². The molecular formula is C20H18N2O6. The lowest BCUT2D eigenvalue weighted by atomic mass is 9.94. The Labute approximate surface area is 161 Å². The number of methoxy groups -OCH3 is 2. The van der Waals surface area contributed by atoms with Crippen LogP contribution in [-0.4, -0.2) is 31.1 Å². The average molecular weight is 382 g/mol. The number of rotatable bonds is 5. The first kappa shape index (κ1) is 19.1. The van der Waals surface area contributed by atoms with Crippen molar-refractivity contribution in [1.82, 2.24) is 0 Å². The lowest BCUT2D eigenvalue weighted by molar-refractivity contribution is -0.384. The van der Waals surface area contributed by atoms with E-state index >= 15 is 0 Å². The third kappa shape index (κ3) is 3.44. The van der Waals surface area contributed by atoms with Gasteiger partial charge in [0.15, 0.2) is 0 Å².